The van der Waals surface area contributed by atoms with E-state index in [9.17, 15) is 0 Å². The third kappa shape index (κ3) is 2.44. The summed E-state index contributed by atoms with van der Waals surface area (Å²) in [6.45, 7) is 3.95. The van der Waals surface area contributed by atoms with E-state index in [4.69, 9.17) is 14.9 Å². The molecule has 0 aliphatic heterocycles. The van der Waals surface area contributed by atoms with Crippen molar-refractivity contribution >= 4 is 15.9 Å². The van der Waals surface area contributed by atoms with Gasteiger partial charge in [0.15, 0.2) is 0 Å². The van der Waals surface area contributed by atoms with Crippen LogP contribution in [-0.4, -0.2) is 7.11 Å². The van der Waals surface area contributed by atoms with Gasteiger partial charge >= 0.3 is 0 Å². The molecule has 1 heterocycles. The standard InChI is InChI=1S/C14H16BrNO2/c1-8-6-13(18-9(8)2)14(16)10-4-5-12(17-3)11(15)7-10/h4-7,14H,16H2,1-3H3. The van der Waals surface area contributed by atoms with E-state index in [0.29, 0.717) is 0 Å². The zero-order valence-electron chi connectivity index (χ0n) is 10.7. The van der Waals surface area contributed by atoms with E-state index in [1.165, 1.54) is 0 Å². The predicted octanol–water partition coefficient (Wildman–Crippen LogP) is 3.72. The molecule has 18 heavy (non-hydrogen) atoms. The van der Waals surface area contributed by atoms with Crippen LogP contribution in [0.25, 0.3) is 0 Å². The Morgan fingerprint density at radius 1 is 1.28 bits per heavy atom. The Morgan fingerprint density at radius 3 is 2.50 bits per heavy atom. The molecular weight excluding hydrogens is 294 g/mol. The molecule has 0 saturated carbocycles. The van der Waals surface area contributed by atoms with Crippen molar-refractivity contribution < 1.29 is 9.15 Å². The molecule has 0 amide bonds. The quantitative estimate of drug-likeness (QED) is 0.940. The van der Waals surface area contributed by atoms with Crippen LogP contribution in [0.5, 0.6) is 5.75 Å². The number of benzene rings is 1. The van der Waals surface area contributed by atoms with Crippen molar-refractivity contribution in [2.45, 2.75) is 19.9 Å². The van der Waals surface area contributed by atoms with Crippen molar-refractivity contribution in [1.29, 1.82) is 0 Å². The highest BCUT2D eigenvalue weighted by molar-refractivity contribution is 9.10. The minimum Gasteiger partial charge on any atom is -0.496 e. The maximum absolute atomic E-state index is 6.20. The first-order valence-corrected chi connectivity index (χ1v) is 6.48. The van der Waals surface area contributed by atoms with Crippen LogP contribution in [-0.2, 0) is 0 Å². The van der Waals surface area contributed by atoms with Crippen LogP contribution in [0, 0.1) is 13.8 Å². The van der Waals surface area contributed by atoms with Gasteiger partial charge in [0.2, 0.25) is 0 Å². The summed E-state index contributed by atoms with van der Waals surface area (Å²) in [5.74, 6) is 2.48. The highest BCUT2D eigenvalue weighted by Crippen LogP contribution is 2.30. The zero-order chi connectivity index (χ0) is 13.3. The fraction of sp³-hybridized carbons (Fsp3) is 0.286. The van der Waals surface area contributed by atoms with Crippen molar-refractivity contribution in [2.75, 3.05) is 7.11 Å². The molecule has 1 unspecified atom stereocenters. The average molecular weight is 310 g/mol. The van der Waals surface area contributed by atoms with Gasteiger partial charge in [-0.1, -0.05) is 6.07 Å². The summed E-state index contributed by atoms with van der Waals surface area (Å²) in [4.78, 5) is 0. The Morgan fingerprint density at radius 2 is 2.00 bits per heavy atom. The lowest BCUT2D eigenvalue weighted by molar-refractivity contribution is 0.411. The van der Waals surface area contributed by atoms with Crippen LogP contribution >= 0.6 is 15.9 Å². The second-order valence-corrected chi connectivity index (χ2v) is 5.11. The molecular formula is C14H16BrNO2. The van der Waals surface area contributed by atoms with Crippen molar-refractivity contribution in [2.24, 2.45) is 5.73 Å². The number of nitrogens with two attached hydrogens (primary N) is 1. The van der Waals surface area contributed by atoms with Gasteiger partial charge < -0.3 is 14.9 Å². The molecule has 0 aliphatic rings. The predicted molar refractivity (Wildman–Crippen MR) is 74.9 cm³/mol. The third-order valence-electron chi connectivity index (χ3n) is 3.03. The van der Waals surface area contributed by atoms with Crippen molar-refractivity contribution in [3.63, 3.8) is 0 Å². The van der Waals surface area contributed by atoms with E-state index in [1.54, 1.807) is 7.11 Å². The van der Waals surface area contributed by atoms with E-state index in [2.05, 4.69) is 15.9 Å². The Labute approximate surface area is 115 Å². The van der Waals surface area contributed by atoms with E-state index >= 15 is 0 Å². The highest BCUT2D eigenvalue weighted by atomic mass is 79.9. The Hall–Kier alpha value is -1.26. The summed E-state index contributed by atoms with van der Waals surface area (Å²) in [5.41, 5.74) is 8.30. The molecule has 4 heteroatoms. The van der Waals surface area contributed by atoms with Crippen molar-refractivity contribution in [3.05, 3.63) is 51.4 Å². The monoisotopic (exact) mass is 309 g/mol. The molecule has 2 rings (SSSR count). The van der Waals surface area contributed by atoms with Gasteiger partial charge in [0.25, 0.3) is 0 Å². The van der Waals surface area contributed by atoms with Gasteiger partial charge in [-0.3, -0.25) is 0 Å². The molecule has 0 bridgehead atoms. The summed E-state index contributed by atoms with van der Waals surface area (Å²) in [5, 5.41) is 0. The number of ether oxygens (including phenoxy) is 1. The summed E-state index contributed by atoms with van der Waals surface area (Å²) in [6.07, 6.45) is 0. The van der Waals surface area contributed by atoms with Crippen LogP contribution < -0.4 is 10.5 Å². The lowest BCUT2D eigenvalue weighted by Crippen LogP contribution is -2.10. The first-order chi connectivity index (χ1) is 8.52. The molecule has 0 radical (unpaired) electrons. The number of furan rings is 1. The summed E-state index contributed by atoms with van der Waals surface area (Å²) >= 11 is 3.46. The van der Waals surface area contributed by atoms with E-state index in [0.717, 1.165) is 32.9 Å². The van der Waals surface area contributed by atoms with Gasteiger partial charge in [-0.05, 0) is 59.1 Å². The number of halogens is 1. The molecule has 0 spiro atoms. The lowest BCUT2D eigenvalue weighted by atomic mass is 10.1. The lowest BCUT2D eigenvalue weighted by Gasteiger charge is -2.11. The van der Waals surface area contributed by atoms with Gasteiger partial charge in [-0.2, -0.15) is 0 Å². The second-order valence-electron chi connectivity index (χ2n) is 4.26. The molecule has 0 fully saturated rings. The number of hydrogen-bond donors (Lipinski definition) is 1. The summed E-state index contributed by atoms with van der Waals surface area (Å²) in [7, 11) is 1.64. The molecule has 1 atom stereocenters. The molecule has 3 nitrogen and oxygen atoms in total. The summed E-state index contributed by atoms with van der Waals surface area (Å²) in [6, 6.07) is 7.51. The molecule has 2 aromatic rings. The van der Waals surface area contributed by atoms with E-state index < -0.39 is 0 Å². The molecule has 0 aliphatic carbocycles. The SMILES string of the molecule is COc1ccc(C(N)c2cc(C)c(C)o2)cc1Br. The van der Waals surface area contributed by atoms with Crippen LogP contribution in [0.1, 0.15) is 28.7 Å². The molecule has 1 aromatic heterocycles. The first-order valence-electron chi connectivity index (χ1n) is 5.69. The topological polar surface area (TPSA) is 48.4 Å². The molecule has 96 valence electrons. The molecule has 2 N–H and O–H groups in total. The maximum atomic E-state index is 6.20. The van der Waals surface area contributed by atoms with Crippen LogP contribution in [0.3, 0.4) is 0 Å². The minimum absolute atomic E-state index is 0.264. The smallest absolute Gasteiger partial charge is 0.133 e. The summed E-state index contributed by atoms with van der Waals surface area (Å²) < 4.78 is 11.7. The highest BCUT2D eigenvalue weighted by Gasteiger charge is 2.15. The van der Waals surface area contributed by atoms with Crippen LogP contribution in [0.4, 0.5) is 0 Å². The largest absolute Gasteiger partial charge is 0.496 e. The van der Waals surface area contributed by atoms with Gasteiger partial charge in [0.05, 0.1) is 17.6 Å². The Bertz CT molecular complexity index is 543. The number of aryl methyl sites for hydroxylation is 2. The van der Waals surface area contributed by atoms with Crippen molar-refractivity contribution in [1.82, 2.24) is 0 Å². The third-order valence-corrected chi connectivity index (χ3v) is 3.65. The van der Waals surface area contributed by atoms with Crippen LogP contribution in [0.15, 0.2) is 33.2 Å². The second kappa shape index (κ2) is 5.16. The number of rotatable bonds is 3. The maximum Gasteiger partial charge on any atom is 0.133 e. The Kier molecular flexibility index (Phi) is 3.78. The molecule has 1 aromatic carbocycles. The normalized spacial score (nSPS) is 12.5. The molecule has 0 saturated heterocycles. The van der Waals surface area contributed by atoms with E-state index in [-0.39, 0.29) is 6.04 Å². The fourth-order valence-electron chi connectivity index (χ4n) is 1.80. The van der Waals surface area contributed by atoms with Gasteiger partial charge in [0.1, 0.15) is 17.3 Å². The van der Waals surface area contributed by atoms with Gasteiger partial charge in [-0.25, -0.2) is 0 Å². The fourth-order valence-corrected chi connectivity index (χ4v) is 2.35. The van der Waals surface area contributed by atoms with E-state index in [1.807, 2.05) is 38.1 Å². The Balaban J connectivity index is 2.33. The number of hydrogen-bond acceptors (Lipinski definition) is 3. The number of methoxy groups -OCH3 is 1. The minimum atomic E-state index is -0.264. The first kappa shape index (κ1) is 13.2. The van der Waals surface area contributed by atoms with Crippen LogP contribution in [0.2, 0.25) is 0 Å². The average Bonchev–Trinajstić information content (AvgIpc) is 2.68. The van der Waals surface area contributed by atoms with Crippen molar-refractivity contribution in [3.8, 4) is 5.75 Å². The zero-order valence-corrected chi connectivity index (χ0v) is 12.2. The van der Waals surface area contributed by atoms with Gasteiger partial charge in [0, 0.05) is 0 Å². The van der Waals surface area contributed by atoms with Gasteiger partial charge in [-0.15, -0.1) is 0 Å².